The Morgan fingerprint density at radius 1 is 1.26 bits per heavy atom. The Kier molecular flexibility index (Phi) is 6.54. The number of carbonyl (C=O) groups is 2. The quantitative estimate of drug-likeness (QED) is 0.844. The minimum atomic E-state index is -0.797. The Labute approximate surface area is 145 Å². The van der Waals surface area contributed by atoms with E-state index in [-0.39, 0.29) is 24.9 Å². The first kappa shape index (κ1) is 17.9. The standard InChI is InChI=1S/C16H19Cl2NO4/c17-12-6-13(18)8-14(7-12)23-10-15(20)19-5-1-2-11(9-19)3-4-16(21)22/h6-8,11H,1-5,9-10H2,(H,21,22). The molecule has 1 N–H and O–H groups in total. The molecule has 5 nitrogen and oxygen atoms in total. The molecule has 7 heteroatoms. The molecule has 1 aromatic rings. The van der Waals surface area contributed by atoms with E-state index in [2.05, 4.69) is 0 Å². The van der Waals surface area contributed by atoms with Crippen molar-refractivity contribution in [1.29, 1.82) is 0 Å². The summed E-state index contributed by atoms with van der Waals surface area (Å²) in [6, 6.07) is 4.80. The fourth-order valence-electron chi connectivity index (χ4n) is 2.70. The molecule has 1 unspecified atom stereocenters. The van der Waals surface area contributed by atoms with Gasteiger partial charge in [-0.05, 0) is 43.4 Å². The zero-order chi connectivity index (χ0) is 16.8. The summed E-state index contributed by atoms with van der Waals surface area (Å²) in [4.78, 5) is 24.6. The number of benzene rings is 1. The number of nitrogens with zero attached hydrogens (tertiary/aromatic N) is 1. The van der Waals surface area contributed by atoms with E-state index in [1.807, 2.05) is 0 Å². The van der Waals surface area contributed by atoms with E-state index in [9.17, 15) is 9.59 Å². The fourth-order valence-corrected chi connectivity index (χ4v) is 3.21. The van der Waals surface area contributed by atoms with Crippen molar-refractivity contribution in [1.82, 2.24) is 4.90 Å². The number of rotatable bonds is 6. The monoisotopic (exact) mass is 359 g/mol. The Hall–Kier alpha value is -1.46. The molecule has 0 saturated carbocycles. The predicted molar refractivity (Wildman–Crippen MR) is 88.1 cm³/mol. The third-order valence-electron chi connectivity index (χ3n) is 3.84. The van der Waals surface area contributed by atoms with Gasteiger partial charge in [-0.1, -0.05) is 23.2 Å². The third kappa shape index (κ3) is 5.92. The Morgan fingerprint density at radius 3 is 2.61 bits per heavy atom. The number of hydrogen-bond acceptors (Lipinski definition) is 3. The van der Waals surface area contributed by atoms with Gasteiger partial charge in [0.1, 0.15) is 5.75 Å². The van der Waals surface area contributed by atoms with E-state index in [0.717, 1.165) is 12.8 Å². The number of carboxylic acids is 1. The minimum Gasteiger partial charge on any atom is -0.484 e. The van der Waals surface area contributed by atoms with Gasteiger partial charge in [0.2, 0.25) is 0 Å². The normalized spacial score (nSPS) is 17.8. The van der Waals surface area contributed by atoms with Crippen LogP contribution in [0.2, 0.25) is 10.0 Å². The van der Waals surface area contributed by atoms with Gasteiger partial charge in [0.25, 0.3) is 5.91 Å². The highest BCUT2D eigenvalue weighted by Crippen LogP contribution is 2.25. The molecule has 1 saturated heterocycles. The van der Waals surface area contributed by atoms with Crippen LogP contribution in [0, 0.1) is 5.92 Å². The van der Waals surface area contributed by atoms with Crippen molar-refractivity contribution in [2.24, 2.45) is 5.92 Å². The number of carboxylic acid groups (broad SMARTS) is 1. The molecule has 126 valence electrons. The number of aliphatic carboxylic acids is 1. The molecular weight excluding hydrogens is 341 g/mol. The maximum Gasteiger partial charge on any atom is 0.303 e. The molecule has 2 rings (SSSR count). The van der Waals surface area contributed by atoms with Crippen molar-refractivity contribution < 1.29 is 19.4 Å². The average molecular weight is 360 g/mol. The summed E-state index contributed by atoms with van der Waals surface area (Å²) in [6.45, 7) is 1.19. The van der Waals surface area contributed by atoms with Crippen molar-refractivity contribution >= 4 is 35.1 Å². The van der Waals surface area contributed by atoms with E-state index in [1.54, 1.807) is 23.1 Å². The lowest BCUT2D eigenvalue weighted by molar-refractivity contribution is -0.137. The van der Waals surface area contributed by atoms with Crippen LogP contribution in [0.4, 0.5) is 0 Å². The number of ether oxygens (including phenoxy) is 1. The number of likely N-dealkylation sites (tertiary alicyclic amines) is 1. The molecule has 0 radical (unpaired) electrons. The third-order valence-corrected chi connectivity index (χ3v) is 4.27. The summed E-state index contributed by atoms with van der Waals surface area (Å²) in [7, 11) is 0. The van der Waals surface area contributed by atoms with Crippen LogP contribution in [0.3, 0.4) is 0 Å². The van der Waals surface area contributed by atoms with Crippen LogP contribution in [-0.2, 0) is 9.59 Å². The molecule has 23 heavy (non-hydrogen) atoms. The van der Waals surface area contributed by atoms with Gasteiger partial charge >= 0.3 is 5.97 Å². The Morgan fingerprint density at radius 2 is 1.96 bits per heavy atom. The molecule has 1 aliphatic heterocycles. The van der Waals surface area contributed by atoms with Crippen LogP contribution in [0.15, 0.2) is 18.2 Å². The van der Waals surface area contributed by atoms with E-state index in [0.29, 0.717) is 35.3 Å². The first-order valence-electron chi connectivity index (χ1n) is 7.52. The van der Waals surface area contributed by atoms with Crippen LogP contribution < -0.4 is 4.74 Å². The summed E-state index contributed by atoms with van der Waals surface area (Å²) < 4.78 is 5.46. The van der Waals surface area contributed by atoms with E-state index >= 15 is 0 Å². The number of hydrogen-bond donors (Lipinski definition) is 1. The Bertz CT molecular complexity index is 559. The second kappa shape index (κ2) is 8.41. The van der Waals surface area contributed by atoms with Crippen molar-refractivity contribution in [3.05, 3.63) is 28.2 Å². The summed E-state index contributed by atoms with van der Waals surface area (Å²) in [5.74, 6) is -0.213. The topological polar surface area (TPSA) is 66.8 Å². The number of piperidine rings is 1. The van der Waals surface area contributed by atoms with Crippen LogP contribution >= 0.6 is 23.2 Å². The van der Waals surface area contributed by atoms with Crippen molar-refractivity contribution in [2.75, 3.05) is 19.7 Å². The van der Waals surface area contributed by atoms with Crippen LogP contribution in [0.1, 0.15) is 25.7 Å². The second-order valence-corrected chi connectivity index (χ2v) is 6.55. The maximum absolute atomic E-state index is 12.2. The van der Waals surface area contributed by atoms with E-state index in [1.165, 1.54) is 0 Å². The van der Waals surface area contributed by atoms with Gasteiger partial charge in [0.05, 0.1) is 0 Å². The SMILES string of the molecule is O=C(O)CCC1CCCN(C(=O)COc2cc(Cl)cc(Cl)c2)C1. The first-order valence-corrected chi connectivity index (χ1v) is 8.28. The molecule has 0 aromatic heterocycles. The first-order chi connectivity index (χ1) is 10.9. The fraction of sp³-hybridized carbons (Fsp3) is 0.500. The average Bonchev–Trinajstić information content (AvgIpc) is 2.50. The molecule has 0 aliphatic carbocycles. The lowest BCUT2D eigenvalue weighted by Crippen LogP contribution is -2.42. The molecule has 0 spiro atoms. The van der Waals surface area contributed by atoms with E-state index < -0.39 is 5.97 Å². The lowest BCUT2D eigenvalue weighted by Gasteiger charge is -2.32. The van der Waals surface area contributed by atoms with Gasteiger partial charge in [-0.3, -0.25) is 9.59 Å². The molecule has 1 heterocycles. The largest absolute Gasteiger partial charge is 0.484 e. The minimum absolute atomic E-state index is 0.0810. The van der Waals surface area contributed by atoms with Crippen molar-refractivity contribution in [3.8, 4) is 5.75 Å². The highest BCUT2D eigenvalue weighted by molar-refractivity contribution is 6.34. The smallest absolute Gasteiger partial charge is 0.303 e. The molecule has 1 aromatic carbocycles. The zero-order valence-electron chi connectivity index (χ0n) is 12.6. The highest BCUT2D eigenvalue weighted by Gasteiger charge is 2.24. The van der Waals surface area contributed by atoms with Gasteiger partial charge in [0.15, 0.2) is 6.61 Å². The lowest BCUT2D eigenvalue weighted by atomic mass is 9.93. The summed E-state index contributed by atoms with van der Waals surface area (Å²) in [6.07, 6.45) is 2.59. The van der Waals surface area contributed by atoms with Gasteiger partial charge in [-0.2, -0.15) is 0 Å². The summed E-state index contributed by atoms with van der Waals surface area (Å²) >= 11 is 11.8. The zero-order valence-corrected chi connectivity index (χ0v) is 14.1. The molecule has 0 bridgehead atoms. The molecule has 1 aliphatic rings. The van der Waals surface area contributed by atoms with Crippen LogP contribution in [0.5, 0.6) is 5.75 Å². The van der Waals surface area contributed by atoms with E-state index in [4.69, 9.17) is 33.0 Å². The van der Waals surface area contributed by atoms with Gasteiger partial charge < -0.3 is 14.7 Å². The predicted octanol–water partition coefficient (Wildman–Crippen LogP) is 3.48. The number of halogens is 2. The molecule has 1 fully saturated rings. The molecular formula is C16H19Cl2NO4. The van der Waals surface area contributed by atoms with Crippen molar-refractivity contribution in [3.63, 3.8) is 0 Å². The van der Waals surface area contributed by atoms with Crippen LogP contribution in [0.25, 0.3) is 0 Å². The maximum atomic E-state index is 12.2. The van der Waals surface area contributed by atoms with Crippen LogP contribution in [-0.4, -0.2) is 41.6 Å². The van der Waals surface area contributed by atoms with Gasteiger partial charge in [0, 0.05) is 29.6 Å². The summed E-state index contributed by atoms with van der Waals surface area (Å²) in [5.41, 5.74) is 0. The van der Waals surface area contributed by atoms with Gasteiger partial charge in [-0.25, -0.2) is 0 Å². The van der Waals surface area contributed by atoms with Crippen molar-refractivity contribution in [2.45, 2.75) is 25.7 Å². The van der Waals surface area contributed by atoms with Gasteiger partial charge in [-0.15, -0.1) is 0 Å². The second-order valence-electron chi connectivity index (χ2n) is 5.67. The number of carbonyl (C=O) groups excluding carboxylic acids is 1. The highest BCUT2D eigenvalue weighted by atomic mass is 35.5. The number of amides is 1. The molecule has 1 amide bonds. The summed E-state index contributed by atoms with van der Waals surface area (Å²) in [5, 5.41) is 9.65. The Balaban J connectivity index is 1.83. The molecule has 1 atom stereocenters.